The molecule has 1 aromatic heterocycles. The van der Waals surface area contributed by atoms with Gasteiger partial charge in [0.1, 0.15) is 0 Å². The van der Waals surface area contributed by atoms with Crippen molar-refractivity contribution in [3.63, 3.8) is 0 Å². The van der Waals surface area contributed by atoms with Crippen molar-refractivity contribution in [3.8, 4) is 0 Å². The average molecular weight is 196 g/mol. The highest BCUT2D eigenvalue weighted by atomic mass is 15.3. The molecule has 0 aliphatic rings. The Balaban J connectivity index is 0.000000791. The Morgan fingerprint density at radius 2 is 1.71 bits per heavy atom. The van der Waals surface area contributed by atoms with Crippen LogP contribution in [0.25, 0.3) is 0 Å². The van der Waals surface area contributed by atoms with E-state index in [1.54, 1.807) is 0 Å². The third-order valence-electron chi connectivity index (χ3n) is 2.00. The lowest BCUT2D eigenvalue weighted by Gasteiger charge is -2.15. The van der Waals surface area contributed by atoms with Gasteiger partial charge in [0.15, 0.2) is 0 Å². The van der Waals surface area contributed by atoms with E-state index in [4.69, 9.17) is 0 Å². The summed E-state index contributed by atoms with van der Waals surface area (Å²) in [6.45, 7) is 14.9. The monoisotopic (exact) mass is 196 g/mol. The van der Waals surface area contributed by atoms with Crippen molar-refractivity contribution >= 4 is 0 Å². The van der Waals surface area contributed by atoms with E-state index in [9.17, 15) is 0 Å². The van der Waals surface area contributed by atoms with Crippen LogP contribution in [0, 0.1) is 0 Å². The standard InChI is InChI=1S/C10H18N2.C2H6/c1-8(2)12-7-9(6-11-12)10(3,4)5;1-2/h6-8H,1-5H3;1-2H3. The van der Waals surface area contributed by atoms with Crippen molar-refractivity contribution in [1.82, 2.24) is 9.78 Å². The predicted octanol–water partition coefficient (Wildman–Crippen LogP) is 3.79. The van der Waals surface area contributed by atoms with Gasteiger partial charge in [-0.25, -0.2) is 0 Å². The van der Waals surface area contributed by atoms with Crippen LogP contribution in [-0.4, -0.2) is 9.78 Å². The molecule has 0 saturated carbocycles. The van der Waals surface area contributed by atoms with E-state index < -0.39 is 0 Å². The zero-order valence-electron chi connectivity index (χ0n) is 10.6. The second kappa shape index (κ2) is 5.18. The fourth-order valence-corrected chi connectivity index (χ4v) is 1.01. The first-order chi connectivity index (χ1) is 6.41. The van der Waals surface area contributed by atoms with Gasteiger partial charge in [0.25, 0.3) is 0 Å². The van der Waals surface area contributed by atoms with E-state index in [1.807, 2.05) is 24.7 Å². The average Bonchev–Trinajstić information content (AvgIpc) is 2.54. The molecule has 0 aliphatic carbocycles. The van der Waals surface area contributed by atoms with Crippen LogP contribution >= 0.6 is 0 Å². The third-order valence-corrected chi connectivity index (χ3v) is 2.00. The second-order valence-corrected chi connectivity index (χ2v) is 4.55. The minimum absolute atomic E-state index is 0.215. The lowest BCUT2D eigenvalue weighted by Crippen LogP contribution is -2.09. The summed E-state index contributed by atoms with van der Waals surface area (Å²) in [4.78, 5) is 0. The third kappa shape index (κ3) is 3.52. The van der Waals surface area contributed by atoms with E-state index in [-0.39, 0.29) is 5.41 Å². The van der Waals surface area contributed by atoms with Crippen LogP contribution < -0.4 is 0 Å². The maximum absolute atomic E-state index is 4.30. The van der Waals surface area contributed by atoms with Gasteiger partial charge in [-0.2, -0.15) is 5.10 Å². The summed E-state index contributed by atoms with van der Waals surface area (Å²) in [5, 5.41) is 4.30. The Kier molecular flexibility index (Phi) is 4.89. The Morgan fingerprint density at radius 3 is 1.93 bits per heavy atom. The molecule has 14 heavy (non-hydrogen) atoms. The molecular formula is C12H24N2. The number of hydrogen-bond donors (Lipinski definition) is 0. The second-order valence-electron chi connectivity index (χ2n) is 4.55. The van der Waals surface area contributed by atoms with E-state index in [0.29, 0.717) is 6.04 Å². The zero-order valence-corrected chi connectivity index (χ0v) is 10.6. The maximum atomic E-state index is 4.30. The Labute approximate surface area is 88.3 Å². The van der Waals surface area contributed by atoms with Gasteiger partial charge in [0, 0.05) is 12.2 Å². The van der Waals surface area contributed by atoms with Crippen LogP contribution in [0.1, 0.15) is 60.1 Å². The molecule has 82 valence electrons. The van der Waals surface area contributed by atoms with Crippen molar-refractivity contribution in [2.75, 3.05) is 0 Å². The predicted molar refractivity (Wildman–Crippen MR) is 62.7 cm³/mol. The first-order valence-corrected chi connectivity index (χ1v) is 5.46. The summed E-state index contributed by atoms with van der Waals surface area (Å²) in [5.74, 6) is 0. The number of hydrogen-bond acceptors (Lipinski definition) is 1. The number of aromatic nitrogens is 2. The van der Waals surface area contributed by atoms with Crippen LogP contribution in [0.4, 0.5) is 0 Å². The summed E-state index contributed by atoms with van der Waals surface area (Å²) in [7, 11) is 0. The molecule has 0 aliphatic heterocycles. The van der Waals surface area contributed by atoms with Crippen LogP contribution in [0.5, 0.6) is 0 Å². The molecule has 0 amide bonds. The molecule has 1 aromatic rings. The van der Waals surface area contributed by atoms with Gasteiger partial charge in [-0.15, -0.1) is 0 Å². The molecule has 0 radical (unpaired) electrons. The first kappa shape index (κ1) is 13.2. The lowest BCUT2D eigenvalue weighted by atomic mass is 9.90. The summed E-state index contributed by atoms with van der Waals surface area (Å²) in [6.07, 6.45) is 4.09. The van der Waals surface area contributed by atoms with E-state index >= 15 is 0 Å². The molecule has 1 rings (SSSR count). The SMILES string of the molecule is CC.CC(C)n1cc(C(C)(C)C)cn1. The fraction of sp³-hybridized carbons (Fsp3) is 0.750. The van der Waals surface area contributed by atoms with Crippen LogP contribution in [0.15, 0.2) is 12.4 Å². The summed E-state index contributed by atoms with van der Waals surface area (Å²) in [5.41, 5.74) is 1.52. The van der Waals surface area contributed by atoms with Crippen molar-refractivity contribution < 1.29 is 0 Å². The molecule has 0 spiro atoms. The van der Waals surface area contributed by atoms with Crippen LogP contribution in [0.2, 0.25) is 0 Å². The molecule has 0 saturated heterocycles. The molecule has 2 nitrogen and oxygen atoms in total. The summed E-state index contributed by atoms with van der Waals surface area (Å²) < 4.78 is 2.00. The summed E-state index contributed by atoms with van der Waals surface area (Å²) in [6, 6.07) is 0.459. The van der Waals surface area contributed by atoms with Gasteiger partial charge in [-0.3, -0.25) is 4.68 Å². The molecule has 0 bridgehead atoms. The van der Waals surface area contributed by atoms with Crippen molar-refractivity contribution in [2.45, 2.75) is 59.9 Å². The largest absolute Gasteiger partial charge is 0.270 e. The number of rotatable bonds is 1. The minimum atomic E-state index is 0.215. The maximum Gasteiger partial charge on any atom is 0.0527 e. The minimum Gasteiger partial charge on any atom is -0.270 e. The van der Waals surface area contributed by atoms with Crippen molar-refractivity contribution in [2.24, 2.45) is 0 Å². The highest BCUT2D eigenvalue weighted by Gasteiger charge is 2.15. The molecule has 1 heterocycles. The van der Waals surface area contributed by atoms with E-state index in [0.717, 1.165) is 0 Å². The highest BCUT2D eigenvalue weighted by molar-refractivity contribution is 5.15. The summed E-state index contributed by atoms with van der Waals surface area (Å²) >= 11 is 0. The topological polar surface area (TPSA) is 17.8 Å². The van der Waals surface area contributed by atoms with Gasteiger partial charge in [-0.1, -0.05) is 34.6 Å². The molecule has 0 unspecified atom stereocenters. The molecular weight excluding hydrogens is 172 g/mol. The molecule has 0 aromatic carbocycles. The highest BCUT2D eigenvalue weighted by Crippen LogP contribution is 2.21. The van der Waals surface area contributed by atoms with Crippen molar-refractivity contribution in [1.29, 1.82) is 0 Å². The van der Waals surface area contributed by atoms with Gasteiger partial charge in [0.05, 0.1) is 6.20 Å². The van der Waals surface area contributed by atoms with Crippen LogP contribution in [0.3, 0.4) is 0 Å². The molecule has 0 N–H and O–H groups in total. The molecule has 0 atom stereocenters. The van der Waals surface area contributed by atoms with Crippen molar-refractivity contribution in [3.05, 3.63) is 18.0 Å². The smallest absolute Gasteiger partial charge is 0.0527 e. The lowest BCUT2D eigenvalue weighted by molar-refractivity contribution is 0.528. The van der Waals surface area contributed by atoms with Gasteiger partial charge in [-0.05, 0) is 24.8 Å². The van der Waals surface area contributed by atoms with E-state index in [1.165, 1.54) is 5.56 Å². The molecule has 0 fully saturated rings. The normalized spacial score (nSPS) is 11.1. The van der Waals surface area contributed by atoms with E-state index in [2.05, 4.69) is 45.9 Å². The Bertz CT molecular complexity index is 254. The quantitative estimate of drug-likeness (QED) is 0.668. The first-order valence-electron chi connectivity index (χ1n) is 5.46. The molecule has 2 heteroatoms. The Hall–Kier alpha value is -0.790. The van der Waals surface area contributed by atoms with Gasteiger partial charge < -0.3 is 0 Å². The van der Waals surface area contributed by atoms with Crippen LogP contribution in [-0.2, 0) is 5.41 Å². The van der Waals surface area contributed by atoms with Gasteiger partial charge >= 0.3 is 0 Å². The zero-order chi connectivity index (χ0) is 11.4. The Morgan fingerprint density at radius 1 is 1.21 bits per heavy atom. The number of nitrogens with zero attached hydrogens (tertiary/aromatic N) is 2. The fourth-order valence-electron chi connectivity index (χ4n) is 1.01. The van der Waals surface area contributed by atoms with Gasteiger partial charge in [0.2, 0.25) is 0 Å².